The van der Waals surface area contributed by atoms with Crippen LogP contribution in [0.25, 0.3) is 11.3 Å². The zero-order chi connectivity index (χ0) is 36.2. The second-order valence-electron chi connectivity index (χ2n) is 8.76. The van der Waals surface area contributed by atoms with Gasteiger partial charge in [0.1, 0.15) is 0 Å². The van der Waals surface area contributed by atoms with Gasteiger partial charge < -0.3 is 20.4 Å². The number of nitrogens with zero attached hydrogens (tertiary/aromatic N) is 4. The van der Waals surface area contributed by atoms with Gasteiger partial charge in [0.05, 0.1) is 11.3 Å². The van der Waals surface area contributed by atoms with Gasteiger partial charge in [0.25, 0.3) is 0 Å². The predicted octanol–water partition coefficient (Wildman–Crippen LogP) is 4.70. The highest BCUT2D eigenvalue weighted by Crippen LogP contribution is 2.30. The Morgan fingerprint density at radius 3 is 1.62 bits per heavy atom. The van der Waals surface area contributed by atoms with E-state index in [4.69, 9.17) is 29.7 Å². The molecule has 0 aromatic carbocycles. The standard InChI is InChI=1S/C20H18N4O2.3C2HF3O2/c25-20(26)18-17-5-9-24(12-14-3-7-21-8-4-14)13-16(17)11-23-19(18)15-2-1-6-22-10-15;3*3-2(4,5)1(6)7/h1-4,6-8,10-11H,5,9,12-13H2,(H,25,26);3*(H,6,7). The molecule has 0 radical (unpaired) electrons. The van der Waals surface area contributed by atoms with Crippen LogP contribution in [0.4, 0.5) is 39.5 Å². The van der Waals surface area contributed by atoms with Crippen molar-refractivity contribution < 1.29 is 79.1 Å². The fourth-order valence-electron chi connectivity index (χ4n) is 3.43. The van der Waals surface area contributed by atoms with Gasteiger partial charge in [-0.05, 0) is 47.4 Å². The first-order valence-corrected chi connectivity index (χ1v) is 12.2. The third-order valence-corrected chi connectivity index (χ3v) is 5.38. The number of rotatable bonds is 4. The molecular weight excluding hydrogens is 667 g/mol. The molecule has 0 atom stereocenters. The van der Waals surface area contributed by atoms with Crippen molar-refractivity contribution in [2.45, 2.75) is 38.0 Å². The summed E-state index contributed by atoms with van der Waals surface area (Å²) in [5.74, 6) is -9.21. The van der Waals surface area contributed by atoms with Gasteiger partial charge in [0.2, 0.25) is 0 Å². The molecule has 0 saturated carbocycles. The van der Waals surface area contributed by atoms with Crippen molar-refractivity contribution in [3.63, 3.8) is 0 Å². The molecule has 1 aliphatic rings. The van der Waals surface area contributed by atoms with Crippen LogP contribution in [0.1, 0.15) is 27.0 Å². The van der Waals surface area contributed by atoms with Crippen LogP contribution in [0.2, 0.25) is 0 Å². The zero-order valence-electron chi connectivity index (χ0n) is 23.1. The van der Waals surface area contributed by atoms with Crippen LogP contribution >= 0.6 is 0 Å². The molecule has 0 unspecified atom stereocenters. The minimum Gasteiger partial charge on any atom is -0.478 e. The Morgan fingerprint density at radius 2 is 1.21 bits per heavy atom. The van der Waals surface area contributed by atoms with E-state index in [1.54, 1.807) is 30.9 Å². The number of alkyl halides is 9. The van der Waals surface area contributed by atoms with Crippen LogP contribution in [-0.2, 0) is 33.9 Å². The Kier molecular flexibility index (Phi) is 14.2. The molecule has 0 saturated heterocycles. The normalized spacial score (nSPS) is 12.8. The molecule has 0 bridgehead atoms. The highest BCUT2D eigenvalue weighted by atomic mass is 19.4. The molecule has 0 spiro atoms. The van der Waals surface area contributed by atoms with Gasteiger partial charge in [-0.3, -0.25) is 19.9 Å². The van der Waals surface area contributed by atoms with Gasteiger partial charge in [-0.2, -0.15) is 39.5 Å². The monoisotopic (exact) mass is 688 g/mol. The van der Waals surface area contributed by atoms with Crippen LogP contribution in [0.15, 0.2) is 55.2 Å². The molecule has 256 valence electrons. The Morgan fingerprint density at radius 1 is 0.723 bits per heavy atom. The number of aliphatic carboxylic acids is 3. The lowest BCUT2D eigenvalue weighted by Gasteiger charge is -2.29. The predicted molar refractivity (Wildman–Crippen MR) is 138 cm³/mol. The Hall–Kier alpha value is -5.34. The molecule has 4 N–H and O–H groups in total. The number of halogens is 9. The molecule has 3 aromatic heterocycles. The van der Waals surface area contributed by atoms with Gasteiger partial charge in [-0.15, -0.1) is 0 Å². The Bertz CT molecular complexity index is 1460. The van der Waals surface area contributed by atoms with Gasteiger partial charge in [0.15, 0.2) is 0 Å². The number of carbonyl (C=O) groups is 4. The third-order valence-electron chi connectivity index (χ3n) is 5.38. The van der Waals surface area contributed by atoms with E-state index in [-0.39, 0.29) is 0 Å². The third kappa shape index (κ3) is 13.7. The maximum atomic E-state index is 12.0. The number of carboxylic acids is 4. The van der Waals surface area contributed by atoms with Crippen LogP contribution in [0, 0.1) is 0 Å². The van der Waals surface area contributed by atoms with Crippen molar-refractivity contribution in [3.8, 4) is 11.3 Å². The summed E-state index contributed by atoms with van der Waals surface area (Å²) < 4.78 is 95.2. The number of aromatic nitrogens is 3. The van der Waals surface area contributed by atoms with Gasteiger partial charge in [-0.25, -0.2) is 19.2 Å². The summed E-state index contributed by atoms with van der Waals surface area (Å²) in [5, 5.41) is 31.2. The molecule has 4 heterocycles. The smallest absolute Gasteiger partial charge is 0.478 e. The number of aromatic carboxylic acids is 1. The SMILES string of the molecule is O=C(O)C(F)(F)F.O=C(O)C(F)(F)F.O=C(O)C(F)(F)F.O=C(O)c1c(-c2cccnc2)ncc2c1CCN(Cc1ccncc1)C2. The maximum absolute atomic E-state index is 12.0. The van der Waals surface area contributed by atoms with E-state index < -0.39 is 42.4 Å². The Balaban J connectivity index is 0.000000430. The van der Waals surface area contributed by atoms with Crippen molar-refractivity contribution in [2.75, 3.05) is 6.54 Å². The maximum Gasteiger partial charge on any atom is 0.490 e. The minimum absolute atomic E-state index is 0.305. The van der Waals surface area contributed by atoms with Gasteiger partial charge in [0, 0.05) is 56.2 Å². The van der Waals surface area contributed by atoms with Crippen LogP contribution in [-0.4, -0.2) is 89.2 Å². The number of pyridine rings is 3. The molecule has 0 aliphatic carbocycles. The molecule has 1 aliphatic heterocycles. The van der Waals surface area contributed by atoms with E-state index >= 15 is 0 Å². The summed E-state index contributed by atoms with van der Waals surface area (Å²) >= 11 is 0. The topological polar surface area (TPSA) is 191 Å². The fraction of sp³-hybridized carbons (Fsp3) is 0.269. The second-order valence-corrected chi connectivity index (χ2v) is 8.76. The highest BCUT2D eigenvalue weighted by molar-refractivity contribution is 5.96. The van der Waals surface area contributed by atoms with E-state index in [9.17, 15) is 49.4 Å². The molecule has 0 amide bonds. The lowest BCUT2D eigenvalue weighted by atomic mass is 9.93. The van der Waals surface area contributed by atoms with E-state index in [2.05, 4.69) is 19.9 Å². The van der Waals surface area contributed by atoms with E-state index in [1.807, 2.05) is 24.4 Å². The number of hydrogen-bond donors (Lipinski definition) is 4. The summed E-state index contributed by atoms with van der Waals surface area (Å²) in [4.78, 5) is 53.5. The molecule has 0 fully saturated rings. The molecule has 21 heteroatoms. The summed E-state index contributed by atoms with van der Waals surface area (Å²) in [6.45, 7) is 2.32. The van der Waals surface area contributed by atoms with Crippen LogP contribution in [0.3, 0.4) is 0 Å². The molecular formula is C26H21F9N4O8. The average molecular weight is 688 g/mol. The highest BCUT2D eigenvalue weighted by Gasteiger charge is 2.39. The number of hydrogen-bond acceptors (Lipinski definition) is 8. The zero-order valence-corrected chi connectivity index (χ0v) is 23.1. The first-order chi connectivity index (χ1) is 21.6. The second kappa shape index (κ2) is 16.8. The van der Waals surface area contributed by atoms with Crippen molar-refractivity contribution in [2.24, 2.45) is 0 Å². The Labute approximate surface area is 256 Å². The van der Waals surface area contributed by atoms with Crippen molar-refractivity contribution in [1.29, 1.82) is 0 Å². The van der Waals surface area contributed by atoms with E-state index in [0.717, 1.165) is 29.8 Å². The van der Waals surface area contributed by atoms with Crippen molar-refractivity contribution in [3.05, 3.63) is 77.5 Å². The lowest BCUT2D eigenvalue weighted by Crippen LogP contribution is -2.31. The minimum atomic E-state index is -5.08. The number of fused-ring (bicyclic) bond motifs is 1. The quantitative estimate of drug-likeness (QED) is 0.277. The summed E-state index contributed by atoms with van der Waals surface area (Å²) in [7, 11) is 0. The summed E-state index contributed by atoms with van der Waals surface area (Å²) in [6, 6.07) is 7.63. The molecule has 4 rings (SSSR count). The van der Waals surface area contributed by atoms with Crippen molar-refractivity contribution in [1.82, 2.24) is 19.9 Å². The molecule has 12 nitrogen and oxygen atoms in total. The lowest BCUT2D eigenvalue weighted by molar-refractivity contribution is -0.193. The molecule has 3 aromatic rings. The summed E-state index contributed by atoms with van der Waals surface area (Å²) in [5.41, 5.74) is 4.59. The van der Waals surface area contributed by atoms with Gasteiger partial charge in [-0.1, -0.05) is 0 Å². The average Bonchev–Trinajstić information content (AvgIpc) is 2.97. The van der Waals surface area contributed by atoms with E-state index in [1.165, 1.54) is 5.56 Å². The fourth-order valence-corrected chi connectivity index (χ4v) is 3.43. The first kappa shape index (κ1) is 39.7. The van der Waals surface area contributed by atoms with Crippen molar-refractivity contribution >= 4 is 23.9 Å². The number of carboxylic acid groups (broad SMARTS) is 4. The molecule has 47 heavy (non-hydrogen) atoms. The van der Waals surface area contributed by atoms with Crippen LogP contribution in [0.5, 0.6) is 0 Å². The first-order valence-electron chi connectivity index (χ1n) is 12.2. The van der Waals surface area contributed by atoms with E-state index in [0.29, 0.717) is 24.2 Å². The van der Waals surface area contributed by atoms with Gasteiger partial charge >= 0.3 is 42.4 Å². The summed E-state index contributed by atoms with van der Waals surface area (Å²) in [6.07, 6.45) is -5.85. The largest absolute Gasteiger partial charge is 0.490 e. The van der Waals surface area contributed by atoms with Crippen LogP contribution < -0.4 is 0 Å².